The molecule has 5 nitrogen and oxygen atoms in total. The Morgan fingerprint density at radius 2 is 2.31 bits per heavy atom. The fourth-order valence-electron chi connectivity index (χ4n) is 0.943. The van der Waals surface area contributed by atoms with E-state index in [-0.39, 0.29) is 0 Å². The van der Waals surface area contributed by atoms with Gasteiger partial charge in [0.15, 0.2) is 0 Å². The predicted octanol–water partition coefficient (Wildman–Crippen LogP) is 0.691. The third-order valence-electron chi connectivity index (χ3n) is 1.52. The largest absolute Gasteiger partial charge is 0.240 e. The van der Waals surface area contributed by atoms with E-state index in [1.807, 2.05) is 0 Å². The number of nitrogens with one attached hydrogen (secondary N) is 1. The number of aromatic amines is 1. The number of hydrogen-bond acceptors (Lipinski definition) is 5. The summed E-state index contributed by atoms with van der Waals surface area (Å²) in [5.74, 6) is 1.20. The zero-order chi connectivity index (χ0) is 9.10. The average molecular weight is 193 g/mol. The van der Waals surface area contributed by atoms with Gasteiger partial charge in [-0.1, -0.05) is 0 Å². The van der Waals surface area contributed by atoms with Gasteiger partial charge in [-0.25, -0.2) is 9.97 Å². The molecule has 0 atom stereocenters. The Balaban J connectivity index is 2.41. The van der Waals surface area contributed by atoms with Gasteiger partial charge in [-0.2, -0.15) is 28.0 Å². The molecule has 13 heavy (non-hydrogen) atoms. The molecule has 2 rings (SSSR count). The number of thiol groups is 1. The first kappa shape index (κ1) is 8.18. The number of aromatic nitrogens is 5. The Labute approximate surface area is 80.0 Å². The normalized spacial score (nSPS) is 10.2. The highest BCUT2D eigenvalue weighted by molar-refractivity contribution is 7.79. The first-order valence-electron chi connectivity index (χ1n) is 3.69. The van der Waals surface area contributed by atoms with Gasteiger partial charge in [-0.05, 0) is 6.07 Å². The monoisotopic (exact) mass is 193 g/mol. The van der Waals surface area contributed by atoms with Gasteiger partial charge in [-0.3, -0.25) is 0 Å². The summed E-state index contributed by atoms with van der Waals surface area (Å²) in [5, 5.41) is 10.1. The van der Waals surface area contributed by atoms with Crippen LogP contribution in [-0.4, -0.2) is 25.4 Å². The molecular weight excluding hydrogens is 186 g/mol. The second-order valence-corrected chi connectivity index (χ2v) is 2.69. The molecule has 0 fully saturated rings. The Morgan fingerprint density at radius 3 is 3.00 bits per heavy atom. The predicted molar refractivity (Wildman–Crippen MR) is 50.1 cm³/mol. The molecule has 0 amide bonds. The molecule has 1 N–H and O–H groups in total. The lowest BCUT2D eigenvalue weighted by Crippen LogP contribution is -1.92. The molecule has 0 bridgehead atoms. The summed E-state index contributed by atoms with van der Waals surface area (Å²) < 4.78 is 0. The maximum Gasteiger partial charge on any atom is 0.138 e. The highest BCUT2D eigenvalue weighted by atomic mass is 32.1. The second-order valence-electron chi connectivity index (χ2n) is 2.37. The summed E-state index contributed by atoms with van der Waals surface area (Å²) in [7, 11) is 0. The van der Waals surface area contributed by atoms with Crippen LogP contribution in [0.2, 0.25) is 0 Å². The summed E-state index contributed by atoms with van der Waals surface area (Å²) in [5.41, 5.74) is 1.47. The maximum absolute atomic E-state index is 4.22. The van der Waals surface area contributed by atoms with Crippen LogP contribution in [-0.2, 0) is 5.75 Å². The highest BCUT2D eigenvalue weighted by Crippen LogP contribution is 2.11. The molecule has 2 aromatic rings. The number of nitrogens with zero attached hydrogens (tertiary/aromatic N) is 4. The molecule has 2 heterocycles. The van der Waals surface area contributed by atoms with Crippen LogP contribution in [0.1, 0.15) is 5.82 Å². The minimum Gasteiger partial charge on any atom is -0.240 e. The SMILES string of the molecule is SCc1nccc(-c2cn[nH]n2)n1. The van der Waals surface area contributed by atoms with Crippen molar-refractivity contribution in [2.45, 2.75) is 5.75 Å². The molecule has 0 aliphatic heterocycles. The van der Waals surface area contributed by atoms with E-state index < -0.39 is 0 Å². The molecule has 0 saturated heterocycles. The average Bonchev–Trinajstić information content (AvgIpc) is 2.71. The molecule has 0 aromatic carbocycles. The van der Waals surface area contributed by atoms with E-state index >= 15 is 0 Å². The van der Waals surface area contributed by atoms with Crippen LogP contribution in [0.3, 0.4) is 0 Å². The lowest BCUT2D eigenvalue weighted by molar-refractivity contribution is 0.938. The Morgan fingerprint density at radius 1 is 1.38 bits per heavy atom. The van der Waals surface area contributed by atoms with E-state index in [0.29, 0.717) is 17.3 Å². The van der Waals surface area contributed by atoms with Crippen LogP contribution in [0.25, 0.3) is 11.4 Å². The number of H-pyrrole nitrogens is 1. The van der Waals surface area contributed by atoms with Gasteiger partial charge in [-0.15, -0.1) is 0 Å². The summed E-state index contributed by atoms with van der Waals surface area (Å²) in [4.78, 5) is 8.25. The van der Waals surface area contributed by atoms with Crippen LogP contribution in [0, 0.1) is 0 Å². The number of hydrogen-bond donors (Lipinski definition) is 2. The summed E-state index contributed by atoms with van der Waals surface area (Å²) in [6.07, 6.45) is 3.30. The molecule has 6 heteroatoms. The van der Waals surface area contributed by atoms with Crippen molar-refractivity contribution >= 4 is 12.6 Å². The minimum atomic E-state index is 0.520. The number of rotatable bonds is 2. The van der Waals surface area contributed by atoms with Gasteiger partial charge in [0.05, 0.1) is 17.6 Å². The maximum atomic E-state index is 4.22. The second kappa shape index (κ2) is 3.53. The quantitative estimate of drug-likeness (QED) is 0.689. The van der Waals surface area contributed by atoms with E-state index in [2.05, 4.69) is 38.0 Å². The third kappa shape index (κ3) is 1.67. The fourth-order valence-corrected chi connectivity index (χ4v) is 1.10. The van der Waals surface area contributed by atoms with Crippen molar-refractivity contribution in [3.8, 4) is 11.4 Å². The van der Waals surface area contributed by atoms with E-state index in [9.17, 15) is 0 Å². The smallest absolute Gasteiger partial charge is 0.138 e. The Bertz CT molecular complexity index is 386. The molecule has 0 saturated carbocycles. The Hall–Kier alpha value is -1.43. The lowest BCUT2D eigenvalue weighted by atomic mass is 10.3. The fraction of sp³-hybridized carbons (Fsp3) is 0.143. The van der Waals surface area contributed by atoms with E-state index in [1.165, 1.54) is 0 Å². The van der Waals surface area contributed by atoms with Gasteiger partial charge in [0.2, 0.25) is 0 Å². The summed E-state index contributed by atoms with van der Waals surface area (Å²) in [6, 6.07) is 1.78. The van der Waals surface area contributed by atoms with Crippen molar-refractivity contribution in [1.29, 1.82) is 0 Å². The van der Waals surface area contributed by atoms with Crippen molar-refractivity contribution in [2.24, 2.45) is 0 Å². The van der Waals surface area contributed by atoms with E-state index in [4.69, 9.17) is 0 Å². The van der Waals surface area contributed by atoms with Crippen LogP contribution >= 0.6 is 12.6 Å². The van der Waals surface area contributed by atoms with Gasteiger partial charge < -0.3 is 0 Å². The van der Waals surface area contributed by atoms with Gasteiger partial charge in [0.1, 0.15) is 11.5 Å². The topological polar surface area (TPSA) is 67.3 Å². The molecule has 0 aliphatic carbocycles. The molecule has 0 unspecified atom stereocenters. The van der Waals surface area contributed by atoms with Crippen LogP contribution in [0.15, 0.2) is 18.5 Å². The van der Waals surface area contributed by atoms with Crippen molar-refractivity contribution in [3.05, 3.63) is 24.3 Å². The molecule has 0 radical (unpaired) electrons. The highest BCUT2D eigenvalue weighted by Gasteiger charge is 2.02. The van der Waals surface area contributed by atoms with Crippen LogP contribution in [0.5, 0.6) is 0 Å². The minimum absolute atomic E-state index is 0.520. The van der Waals surface area contributed by atoms with Crippen LogP contribution in [0.4, 0.5) is 0 Å². The molecule has 66 valence electrons. The Kier molecular flexibility index (Phi) is 2.22. The first-order chi connectivity index (χ1) is 6.40. The van der Waals surface area contributed by atoms with Crippen molar-refractivity contribution in [3.63, 3.8) is 0 Å². The zero-order valence-corrected chi connectivity index (χ0v) is 7.57. The van der Waals surface area contributed by atoms with Crippen molar-refractivity contribution < 1.29 is 0 Å². The van der Waals surface area contributed by atoms with E-state index in [0.717, 1.165) is 5.69 Å². The van der Waals surface area contributed by atoms with Crippen molar-refractivity contribution in [2.75, 3.05) is 0 Å². The van der Waals surface area contributed by atoms with Crippen LogP contribution < -0.4 is 0 Å². The zero-order valence-electron chi connectivity index (χ0n) is 6.68. The van der Waals surface area contributed by atoms with Gasteiger partial charge in [0, 0.05) is 6.20 Å². The molecular formula is C7H7N5S. The summed E-state index contributed by atoms with van der Waals surface area (Å²) >= 11 is 4.09. The lowest BCUT2D eigenvalue weighted by Gasteiger charge is -1.96. The van der Waals surface area contributed by atoms with Crippen molar-refractivity contribution in [1.82, 2.24) is 25.4 Å². The standard InChI is InChI=1S/C7H7N5S/c13-4-7-8-2-1-5(10-7)6-3-9-12-11-6/h1-3,13H,4H2,(H,9,11,12). The molecule has 0 spiro atoms. The third-order valence-corrected chi connectivity index (χ3v) is 1.81. The molecule has 0 aliphatic rings. The van der Waals surface area contributed by atoms with E-state index in [1.54, 1.807) is 18.5 Å². The summed E-state index contributed by atoms with van der Waals surface area (Å²) in [6.45, 7) is 0. The van der Waals surface area contributed by atoms with Gasteiger partial charge in [0.25, 0.3) is 0 Å². The first-order valence-corrected chi connectivity index (χ1v) is 4.32. The molecule has 2 aromatic heterocycles. The van der Waals surface area contributed by atoms with Gasteiger partial charge >= 0.3 is 0 Å².